The molecule has 0 saturated carbocycles. The SMILES string of the molecule is CCOC(=O)c1[nH]nc(-c2ccc(-c3nc4ccccc4o3)cc2)c1I. The van der Waals surface area contributed by atoms with Gasteiger partial charge in [0.2, 0.25) is 5.89 Å². The van der Waals surface area contributed by atoms with Crippen LogP contribution in [-0.4, -0.2) is 27.8 Å². The fourth-order valence-corrected chi connectivity index (χ4v) is 3.40. The van der Waals surface area contributed by atoms with Gasteiger partial charge in [-0.05, 0) is 53.8 Å². The monoisotopic (exact) mass is 459 g/mol. The Labute approximate surface area is 162 Å². The topological polar surface area (TPSA) is 81.0 Å². The molecule has 2 aromatic heterocycles. The summed E-state index contributed by atoms with van der Waals surface area (Å²) >= 11 is 2.10. The molecule has 0 spiro atoms. The number of ether oxygens (including phenoxy) is 1. The van der Waals surface area contributed by atoms with E-state index in [1.807, 2.05) is 48.5 Å². The molecule has 2 heterocycles. The first-order chi connectivity index (χ1) is 12.7. The van der Waals surface area contributed by atoms with Crippen molar-refractivity contribution in [3.8, 4) is 22.7 Å². The highest BCUT2D eigenvalue weighted by molar-refractivity contribution is 14.1. The Kier molecular flexibility index (Phi) is 4.46. The van der Waals surface area contributed by atoms with Crippen LogP contribution in [0.3, 0.4) is 0 Å². The van der Waals surface area contributed by atoms with Crippen LogP contribution in [0.2, 0.25) is 0 Å². The molecular formula is C19H14IN3O3. The lowest BCUT2D eigenvalue weighted by atomic mass is 10.1. The van der Waals surface area contributed by atoms with Crippen LogP contribution in [0.4, 0.5) is 0 Å². The third kappa shape index (κ3) is 2.98. The molecule has 0 unspecified atom stereocenters. The van der Waals surface area contributed by atoms with Crippen LogP contribution >= 0.6 is 22.6 Å². The summed E-state index contributed by atoms with van der Waals surface area (Å²) in [6.07, 6.45) is 0. The van der Waals surface area contributed by atoms with Crippen molar-refractivity contribution in [2.75, 3.05) is 6.61 Å². The first-order valence-corrected chi connectivity index (χ1v) is 9.12. The third-order valence-corrected chi connectivity index (χ3v) is 4.94. The van der Waals surface area contributed by atoms with E-state index in [1.165, 1.54) is 0 Å². The van der Waals surface area contributed by atoms with Crippen molar-refractivity contribution < 1.29 is 13.9 Å². The van der Waals surface area contributed by atoms with E-state index in [-0.39, 0.29) is 0 Å². The third-order valence-electron chi connectivity index (χ3n) is 3.89. The van der Waals surface area contributed by atoms with Crippen LogP contribution in [-0.2, 0) is 4.74 Å². The highest BCUT2D eigenvalue weighted by atomic mass is 127. The Balaban J connectivity index is 1.65. The summed E-state index contributed by atoms with van der Waals surface area (Å²) in [7, 11) is 0. The van der Waals surface area contributed by atoms with E-state index in [0.29, 0.717) is 23.9 Å². The average Bonchev–Trinajstić information content (AvgIpc) is 3.25. The van der Waals surface area contributed by atoms with Crippen LogP contribution in [0.15, 0.2) is 52.9 Å². The van der Waals surface area contributed by atoms with E-state index in [0.717, 1.165) is 25.8 Å². The maximum atomic E-state index is 11.9. The van der Waals surface area contributed by atoms with Gasteiger partial charge >= 0.3 is 5.97 Å². The Morgan fingerprint density at radius 3 is 2.62 bits per heavy atom. The lowest BCUT2D eigenvalue weighted by Crippen LogP contribution is -2.06. The summed E-state index contributed by atoms with van der Waals surface area (Å²) < 4.78 is 11.6. The molecule has 26 heavy (non-hydrogen) atoms. The molecule has 130 valence electrons. The number of carbonyl (C=O) groups excluding carboxylic acids is 1. The van der Waals surface area contributed by atoms with Gasteiger partial charge in [0.25, 0.3) is 0 Å². The highest BCUT2D eigenvalue weighted by Gasteiger charge is 2.19. The largest absolute Gasteiger partial charge is 0.461 e. The standard InChI is InChI=1S/C19H14IN3O3/c1-2-25-19(24)17-15(20)16(22-23-17)11-7-9-12(10-8-11)18-21-13-5-3-4-6-14(13)26-18/h3-10H,2H2,1H3,(H,22,23). The van der Waals surface area contributed by atoms with Crippen molar-refractivity contribution in [1.29, 1.82) is 0 Å². The van der Waals surface area contributed by atoms with Gasteiger partial charge in [0.1, 0.15) is 11.2 Å². The summed E-state index contributed by atoms with van der Waals surface area (Å²) in [5.41, 5.74) is 4.42. The molecular weight excluding hydrogens is 445 g/mol. The van der Waals surface area contributed by atoms with Crippen molar-refractivity contribution in [1.82, 2.24) is 15.2 Å². The van der Waals surface area contributed by atoms with E-state index in [2.05, 4.69) is 37.8 Å². The van der Waals surface area contributed by atoms with Crippen LogP contribution in [0.5, 0.6) is 0 Å². The number of rotatable bonds is 4. The zero-order chi connectivity index (χ0) is 18.1. The van der Waals surface area contributed by atoms with E-state index < -0.39 is 5.97 Å². The predicted molar refractivity (Wildman–Crippen MR) is 106 cm³/mol. The molecule has 2 aromatic carbocycles. The number of nitrogens with zero attached hydrogens (tertiary/aromatic N) is 2. The van der Waals surface area contributed by atoms with Crippen molar-refractivity contribution in [2.24, 2.45) is 0 Å². The van der Waals surface area contributed by atoms with Crippen molar-refractivity contribution in [3.05, 3.63) is 57.8 Å². The second-order valence-corrected chi connectivity index (χ2v) is 6.62. The zero-order valence-corrected chi connectivity index (χ0v) is 16.0. The molecule has 7 heteroatoms. The van der Waals surface area contributed by atoms with Gasteiger partial charge in [0.05, 0.1) is 10.2 Å². The number of H-pyrrole nitrogens is 1. The Bertz CT molecular complexity index is 1050. The summed E-state index contributed by atoms with van der Waals surface area (Å²) in [6, 6.07) is 15.4. The molecule has 4 rings (SSSR count). The molecule has 0 atom stereocenters. The number of benzene rings is 2. The number of esters is 1. The Morgan fingerprint density at radius 2 is 1.88 bits per heavy atom. The maximum Gasteiger partial charge on any atom is 0.357 e. The Hall–Kier alpha value is -2.68. The molecule has 1 N–H and O–H groups in total. The van der Waals surface area contributed by atoms with Crippen LogP contribution in [0, 0.1) is 3.57 Å². The number of carbonyl (C=O) groups is 1. The summed E-state index contributed by atoms with van der Waals surface area (Å²) in [5, 5.41) is 7.01. The van der Waals surface area contributed by atoms with Gasteiger partial charge in [-0.25, -0.2) is 9.78 Å². The molecule has 0 fully saturated rings. The Morgan fingerprint density at radius 1 is 1.15 bits per heavy atom. The number of aromatic nitrogens is 3. The van der Waals surface area contributed by atoms with Gasteiger partial charge in [0.15, 0.2) is 11.3 Å². The van der Waals surface area contributed by atoms with Gasteiger partial charge in [-0.1, -0.05) is 24.3 Å². The zero-order valence-electron chi connectivity index (χ0n) is 13.8. The van der Waals surface area contributed by atoms with Gasteiger partial charge in [-0.15, -0.1) is 0 Å². The fraction of sp³-hybridized carbons (Fsp3) is 0.105. The van der Waals surface area contributed by atoms with Crippen molar-refractivity contribution in [2.45, 2.75) is 6.92 Å². The number of hydrogen-bond acceptors (Lipinski definition) is 5. The van der Waals surface area contributed by atoms with Crippen molar-refractivity contribution >= 4 is 39.7 Å². The lowest BCUT2D eigenvalue weighted by Gasteiger charge is -2.01. The summed E-state index contributed by atoms with van der Waals surface area (Å²) in [4.78, 5) is 16.4. The van der Waals surface area contributed by atoms with Gasteiger partial charge < -0.3 is 9.15 Å². The molecule has 0 saturated heterocycles. The maximum absolute atomic E-state index is 11.9. The lowest BCUT2D eigenvalue weighted by molar-refractivity contribution is 0.0518. The summed E-state index contributed by atoms with van der Waals surface area (Å²) in [6.45, 7) is 2.09. The molecule has 0 aliphatic heterocycles. The minimum absolute atomic E-state index is 0.322. The first-order valence-electron chi connectivity index (χ1n) is 8.04. The van der Waals surface area contributed by atoms with Gasteiger partial charge in [-0.2, -0.15) is 5.10 Å². The smallest absolute Gasteiger partial charge is 0.357 e. The number of para-hydroxylation sites is 2. The molecule has 0 aliphatic carbocycles. The van der Waals surface area contributed by atoms with Crippen LogP contribution in [0.25, 0.3) is 33.8 Å². The van der Waals surface area contributed by atoms with Gasteiger partial charge in [0, 0.05) is 11.1 Å². The molecule has 0 radical (unpaired) electrons. The van der Waals surface area contributed by atoms with E-state index >= 15 is 0 Å². The first kappa shape index (κ1) is 16.8. The number of fused-ring (bicyclic) bond motifs is 1. The number of nitrogens with one attached hydrogen (secondary N) is 1. The minimum Gasteiger partial charge on any atom is -0.461 e. The van der Waals surface area contributed by atoms with Crippen molar-refractivity contribution in [3.63, 3.8) is 0 Å². The number of hydrogen-bond donors (Lipinski definition) is 1. The van der Waals surface area contributed by atoms with E-state index in [4.69, 9.17) is 9.15 Å². The van der Waals surface area contributed by atoms with E-state index in [9.17, 15) is 4.79 Å². The summed E-state index contributed by atoms with van der Waals surface area (Å²) in [5.74, 6) is 0.167. The fourth-order valence-electron chi connectivity index (χ4n) is 2.62. The predicted octanol–water partition coefficient (Wildman–Crippen LogP) is 4.67. The molecule has 0 bridgehead atoms. The van der Waals surface area contributed by atoms with Gasteiger partial charge in [-0.3, -0.25) is 5.10 Å². The molecule has 0 amide bonds. The van der Waals surface area contributed by atoms with Crippen LogP contribution in [0.1, 0.15) is 17.4 Å². The average molecular weight is 459 g/mol. The van der Waals surface area contributed by atoms with E-state index in [1.54, 1.807) is 6.92 Å². The number of oxazole rings is 1. The highest BCUT2D eigenvalue weighted by Crippen LogP contribution is 2.29. The molecule has 0 aliphatic rings. The molecule has 4 aromatic rings. The normalized spacial score (nSPS) is 11.0. The minimum atomic E-state index is -0.404. The van der Waals surface area contributed by atoms with Crippen LogP contribution < -0.4 is 0 Å². The second kappa shape index (κ2) is 6.91. The molecule has 6 nitrogen and oxygen atoms in total. The quantitative estimate of drug-likeness (QED) is 0.355. The number of aromatic amines is 1. The second-order valence-electron chi connectivity index (χ2n) is 5.55. The number of halogens is 1.